The molecule has 0 amide bonds. The lowest BCUT2D eigenvalue weighted by atomic mass is 10.3. The van der Waals surface area contributed by atoms with Gasteiger partial charge in [0.25, 0.3) is 0 Å². The van der Waals surface area contributed by atoms with Gasteiger partial charge >= 0.3 is 5.97 Å². The number of carbonyl (C=O) groups is 1. The van der Waals surface area contributed by atoms with E-state index in [0.717, 1.165) is 0 Å². The largest absolute Gasteiger partial charge is 0.469 e. The highest BCUT2D eigenvalue weighted by molar-refractivity contribution is 5.70. The van der Waals surface area contributed by atoms with Crippen LogP contribution >= 0.6 is 0 Å². The Labute approximate surface area is 77.5 Å². The molecule has 74 valence electrons. The highest BCUT2D eigenvalue weighted by Crippen LogP contribution is 2.24. The number of methoxy groups -OCH3 is 1. The molecule has 1 rings (SSSR count). The van der Waals surface area contributed by atoms with Crippen LogP contribution in [0.5, 0.6) is 0 Å². The summed E-state index contributed by atoms with van der Waals surface area (Å²) in [4.78, 5) is 10.8. The maximum Gasteiger partial charge on any atom is 0.309 e. The molecule has 4 heteroatoms. The Bertz CT molecular complexity index is 230. The molecule has 1 saturated heterocycles. The molecule has 0 aromatic heterocycles. The second kappa shape index (κ2) is 3.79. The Morgan fingerprint density at radius 3 is 2.85 bits per heavy atom. The minimum atomic E-state index is -0.568. The number of hydrogen-bond donors (Lipinski definition) is 0. The summed E-state index contributed by atoms with van der Waals surface area (Å²) in [7, 11) is 1.36. The lowest BCUT2D eigenvalue weighted by Crippen LogP contribution is -2.18. The van der Waals surface area contributed by atoms with E-state index < -0.39 is 5.79 Å². The van der Waals surface area contributed by atoms with E-state index in [0.29, 0.717) is 12.4 Å². The molecule has 4 nitrogen and oxygen atoms in total. The second-order valence-electron chi connectivity index (χ2n) is 3.24. The van der Waals surface area contributed by atoms with Crippen LogP contribution in [-0.2, 0) is 19.0 Å². The standard InChI is InChI=1S/C9H14O4/c1-9(2)12-6-7(13-9)4-5-8(10)11-3/h4H,5-6H2,1-3H3/b7-4-. The van der Waals surface area contributed by atoms with Gasteiger partial charge in [0.15, 0.2) is 0 Å². The molecule has 0 spiro atoms. The molecular formula is C9H14O4. The van der Waals surface area contributed by atoms with Crippen molar-refractivity contribution in [1.82, 2.24) is 0 Å². The first-order valence-electron chi connectivity index (χ1n) is 4.12. The van der Waals surface area contributed by atoms with Crippen molar-refractivity contribution in [2.24, 2.45) is 0 Å². The lowest BCUT2D eigenvalue weighted by molar-refractivity contribution is -0.139. The van der Waals surface area contributed by atoms with Crippen molar-refractivity contribution in [2.45, 2.75) is 26.1 Å². The van der Waals surface area contributed by atoms with Crippen LogP contribution in [0, 0.1) is 0 Å². The van der Waals surface area contributed by atoms with Gasteiger partial charge in [-0.2, -0.15) is 0 Å². The average Bonchev–Trinajstić information content (AvgIpc) is 2.41. The summed E-state index contributed by atoms with van der Waals surface area (Å²) >= 11 is 0. The van der Waals surface area contributed by atoms with E-state index in [9.17, 15) is 4.79 Å². The molecule has 0 aliphatic carbocycles. The van der Waals surface area contributed by atoms with Crippen LogP contribution < -0.4 is 0 Å². The van der Waals surface area contributed by atoms with Crippen molar-refractivity contribution >= 4 is 5.97 Å². The predicted octanol–water partition coefficient (Wildman–Crippen LogP) is 1.22. The van der Waals surface area contributed by atoms with Crippen LogP contribution in [0.4, 0.5) is 0 Å². The molecule has 1 heterocycles. The van der Waals surface area contributed by atoms with E-state index in [-0.39, 0.29) is 12.4 Å². The Balaban J connectivity index is 2.42. The van der Waals surface area contributed by atoms with Crippen LogP contribution in [0.1, 0.15) is 20.3 Å². The third kappa shape index (κ3) is 3.06. The fraction of sp³-hybridized carbons (Fsp3) is 0.667. The van der Waals surface area contributed by atoms with Gasteiger partial charge < -0.3 is 14.2 Å². The maximum atomic E-state index is 10.8. The van der Waals surface area contributed by atoms with E-state index in [2.05, 4.69) is 4.74 Å². The van der Waals surface area contributed by atoms with E-state index in [1.807, 2.05) is 13.8 Å². The molecule has 0 unspecified atom stereocenters. The quantitative estimate of drug-likeness (QED) is 0.608. The maximum absolute atomic E-state index is 10.8. The second-order valence-corrected chi connectivity index (χ2v) is 3.24. The topological polar surface area (TPSA) is 44.8 Å². The molecule has 0 saturated carbocycles. The molecule has 0 bridgehead atoms. The van der Waals surface area contributed by atoms with Crippen molar-refractivity contribution in [3.8, 4) is 0 Å². The first kappa shape index (κ1) is 10.1. The smallest absolute Gasteiger partial charge is 0.309 e. The molecule has 1 fully saturated rings. The fourth-order valence-corrected chi connectivity index (χ4v) is 1.00. The van der Waals surface area contributed by atoms with Crippen molar-refractivity contribution in [3.05, 3.63) is 11.8 Å². The number of hydrogen-bond acceptors (Lipinski definition) is 4. The summed E-state index contributed by atoms with van der Waals surface area (Å²) in [5.41, 5.74) is 0. The summed E-state index contributed by atoms with van der Waals surface area (Å²) in [5, 5.41) is 0. The van der Waals surface area contributed by atoms with Gasteiger partial charge in [0.1, 0.15) is 12.4 Å². The van der Waals surface area contributed by atoms with E-state index in [1.54, 1.807) is 6.08 Å². The van der Waals surface area contributed by atoms with Gasteiger partial charge in [0.05, 0.1) is 13.5 Å². The zero-order chi connectivity index (χ0) is 9.90. The van der Waals surface area contributed by atoms with Crippen molar-refractivity contribution in [1.29, 1.82) is 0 Å². The third-order valence-electron chi connectivity index (χ3n) is 1.66. The highest BCUT2D eigenvalue weighted by atomic mass is 16.7. The van der Waals surface area contributed by atoms with E-state index in [4.69, 9.17) is 9.47 Å². The predicted molar refractivity (Wildman–Crippen MR) is 45.8 cm³/mol. The summed E-state index contributed by atoms with van der Waals surface area (Å²) < 4.78 is 15.1. The monoisotopic (exact) mass is 186 g/mol. The summed E-state index contributed by atoms with van der Waals surface area (Å²) in [6.45, 7) is 4.07. The van der Waals surface area contributed by atoms with Gasteiger partial charge in [-0.25, -0.2) is 0 Å². The first-order chi connectivity index (χ1) is 6.03. The number of esters is 1. The number of carbonyl (C=O) groups excluding carboxylic acids is 1. The fourth-order valence-electron chi connectivity index (χ4n) is 1.00. The van der Waals surface area contributed by atoms with Gasteiger partial charge in [0.2, 0.25) is 5.79 Å². The highest BCUT2D eigenvalue weighted by Gasteiger charge is 2.28. The minimum Gasteiger partial charge on any atom is -0.469 e. The lowest BCUT2D eigenvalue weighted by Gasteiger charge is -2.15. The van der Waals surface area contributed by atoms with Crippen molar-refractivity contribution < 1.29 is 19.0 Å². The Morgan fingerprint density at radius 1 is 1.69 bits per heavy atom. The van der Waals surface area contributed by atoms with Crippen LogP contribution in [0.2, 0.25) is 0 Å². The first-order valence-corrected chi connectivity index (χ1v) is 4.12. The zero-order valence-corrected chi connectivity index (χ0v) is 8.12. The molecule has 0 N–H and O–H groups in total. The molecule has 0 radical (unpaired) electrons. The Hall–Kier alpha value is -1.03. The van der Waals surface area contributed by atoms with Gasteiger partial charge in [-0.15, -0.1) is 0 Å². The van der Waals surface area contributed by atoms with E-state index in [1.165, 1.54) is 7.11 Å². The van der Waals surface area contributed by atoms with Crippen LogP contribution in [0.15, 0.2) is 11.8 Å². The summed E-state index contributed by atoms with van der Waals surface area (Å²) in [6.07, 6.45) is 1.91. The SMILES string of the molecule is COC(=O)C/C=C1/COC(C)(C)O1. The molecule has 0 aromatic carbocycles. The average molecular weight is 186 g/mol. The number of ether oxygens (including phenoxy) is 3. The molecule has 0 atom stereocenters. The van der Waals surface area contributed by atoms with Crippen LogP contribution in [0.25, 0.3) is 0 Å². The number of rotatable bonds is 2. The van der Waals surface area contributed by atoms with Crippen molar-refractivity contribution in [3.63, 3.8) is 0 Å². The normalized spacial score (nSPS) is 22.8. The van der Waals surface area contributed by atoms with Gasteiger partial charge in [0, 0.05) is 13.8 Å². The van der Waals surface area contributed by atoms with Gasteiger partial charge in [-0.05, 0) is 6.08 Å². The molecule has 1 aliphatic rings. The van der Waals surface area contributed by atoms with Gasteiger partial charge in [-0.3, -0.25) is 4.79 Å². The third-order valence-corrected chi connectivity index (χ3v) is 1.66. The summed E-state index contributed by atoms with van der Waals surface area (Å²) in [5.74, 6) is -0.154. The molecular weight excluding hydrogens is 172 g/mol. The zero-order valence-electron chi connectivity index (χ0n) is 8.12. The molecule has 0 aromatic rings. The van der Waals surface area contributed by atoms with Crippen LogP contribution in [0.3, 0.4) is 0 Å². The molecule has 1 aliphatic heterocycles. The van der Waals surface area contributed by atoms with E-state index >= 15 is 0 Å². The van der Waals surface area contributed by atoms with Crippen molar-refractivity contribution in [2.75, 3.05) is 13.7 Å². The Morgan fingerprint density at radius 2 is 2.38 bits per heavy atom. The molecule has 13 heavy (non-hydrogen) atoms. The van der Waals surface area contributed by atoms with Gasteiger partial charge in [-0.1, -0.05) is 0 Å². The summed E-state index contributed by atoms with van der Waals surface area (Å²) in [6, 6.07) is 0. The minimum absolute atomic E-state index is 0.227. The Kier molecular flexibility index (Phi) is 2.93. The van der Waals surface area contributed by atoms with Crippen LogP contribution in [-0.4, -0.2) is 25.5 Å².